The summed E-state index contributed by atoms with van der Waals surface area (Å²) in [4.78, 5) is 37.9. The molecule has 0 saturated carbocycles. The van der Waals surface area contributed by atoms with Crippen molar-refractivity contribution in [1.29, 1.82) is 0 Å². The van der Waals surface area contributed by atoms with Gasteiger partial charge in [-0.2, -0.15) is 0 Å². The van der Waals surface area contributed by atoms with E-state index in [4.69, 9.17) is 18.5 Å². The van der Waals surface area contributed by atoms with Crippen molar-refractivity contribution in [2.45, 2.75) is 277 Å². The Labute approximate surface area is 457 Å². The number of allylic oxidation sites excluding steroid dienone is 12. The van der Waals surface area contributed by atoms with E-state index in [2.05, 4.69) is 86.8 Å². The van der Waals surface area contributed by atoms with E-state index in [0.29, 0.717) is 17.4 Å². The molecule has 0 rings (SSSR count). The van der Waals surface area contributed by atoms with Gasteiger partial charge in [0.15, 0.2) is 6.10 Å². The van der Waals surface area contributed by atoms with Gasteiger partial charge < -0.3 is 27.9 Å². The van der Waals surface area contributed by atoms with Crippen LogP contribution in [0.4, 0.5) is 0 Å². The third kappa shape index (κ3) is 58.7. The van der Waals surface area contributed by atoms with Crippen LogP contribution in [0.2, 0.25) is 0 Å². The number of likely N-dealkylation sites (N-methyl/N-ethyl adjacent to an activating group) is 1. The first kappa shape index (κ1) is 71.5. The fraction of sp³-hybridized carbons (Fsp3) is 0.781. The van der Waals surface area contributed by atoms with Gasteiger partial charge in [0.2, 0.25) is 0 Å². The Morgan fingerprint density at radius 2 is 0.770 bits per heavy atom. The molecule has 0 spiro atoms. The number of esters is 2. The van der Waals surface area contributed by atoms with Gasteiger partial charge in [0.25, 0.3) is 7.82 Å². The first-order chi connectivity index (χ1) is 36.0. The number of phosphoric ester groups is 1. The predicted octanol–water partition coefficient (Wildman–Crippen LogP) is 18.6. The van der Waals surface area contributed by atoms with Crippen molar-refractivity contribution in [3.8, 4) is 0 Å². The zero-order chi connectivity index (χ0) is 54.2. The van der Waals surface area contributed by atoms with Gasteiger partial charge in [-0.3, -0.25) is 14.2 Å². The predicted molar refractivity (Wildman–Crippen MR) is 314 cm³/mol. The van der Waals surface area contributed by atoms with Crippen molar-refractivity contribution in [3.63, 3.8) is 0 Å². The summed E-state index contributed by atoms with van der Waals surface area (Å²) in [6.45, 7) is 4.14. The minimum absolute atomic E-state index is 0.0328. The molecule has 0 saturated heterocycles. The van der Waals surface area contributed by atoms with Gasteiger partial charge in [-0.05, 0) is 83.5 Å². The van der Waals surface area contributed by atoms with Crippen LogP contribution in [0.5, 0.6) is 0 Å². The number of rotatable bonds is 56. The number of hydrogen-bond donors (Lipinski definition) is 0. The van der Waals surface area contributed by atoms with E-state index in [1.54, 1.807) is 0 Å². The third-order valence-corrected chi connectivity index (χ3v) is 14.2. The molecule has 0 heterocycles. The molecule has 2 unspecified atom stereocenters. The largest absolute Gasteiger partial charge is 0.756 e. The van der Waals surface area contributed by atoms with Crippen molar-refractivity contribution in [1.82, 2.24) is 0 Å². The maximum atomic E-state index is 12.8. The number of nitrogens with zero attached hydrogens (tertiary/aromatic N) is 1. The molecule has 0 aromatic rings. The van der Waals surface area contributed by atoms with Crippen molar-refractivity contribution < 1.29 is 42.1 Å². The maximum Gasteiger partial charge on any atom is 0.306 e. The van der Waals surface area contributed by atoms with Gasteiger partial charge in [0, 0.05) is 12.8 Å². The average Bonchev–Trinajstić information content (AvgIpc) is 3.36. The van der Waals surface area contributed by atoms with Crippen molar-refractivity contribution in [3.05, 3.63) is 72.9 Å². The lowest BCUT2D eigenvalue weighted by Crippen LogP contribution is -2.37. The Kier molecular flexibility index (Phi) is 53.3. The number of carbonyl (C=O) groups is 2. The topological polar surface area (TPSA) is 111 Å². The Morgan fingerprint density at radius 3 is 1.15 bits per heavy atom. The zero-order valence-electron chi connectivity index (χ0n) is 48.8. The molecule has 10 heteroatoms. The first-order valence-electron chi connectivity index (χ1n) is 30.6. The normalized spacial score (nSPS) is 13.8. The number of carbonyl (C=O) groups excluding carboxylic acids is 2. The minimum Gasteiger partial charge on any atom is -0.756 e. The maximum absolute atomic E-state index is 12.8. The van der Waals surface area contributed by atoms with E-state index in [1.165, 1.54) is 161 Å². The molecule has 2 atom stereocenters. The SMILES string of the molecule is CC/C=C\C/C=C\C/C=C\C/C=C\CCCCCCCCCCCCCCCCCCC(=O)OC(COC(=O)CCCCCCCCCCC/C=C\C/C=C\CCCCCCC)COP(=O)([O-])OCC[N+](C)(C)C. The molecule has 74 heavy (non-hydrogen) atoms. The minimum atomic E-state index is -4.64. The lowest BCUT2D eigenvalue weighted by Gasteiger charge is -2.28. The lowest BCUT2D eigenvalue weighted by molar-refractivity contribution is -0.870. The summed E-state index contributed by atoms with van der Waals surface area (Å²) < 4.78 is 34.2. The van der Waals surface area contributed by atoms with Crippen LogP contribution < -0.4 is 4.89 Å². The van der Waals surface area contributed by atoms with Gasteiger partial charge in [0.05, 0.1) is 27.7 Å². The second-order valence-corrected chi connectivity index (χ2v) is 23.1. The van der Waals surface area contributed by atoms with Gasteiger partial charge in [-0.15, -0.1) is 0 Å². The van der Waals surface area contributed by atoms with Crippen LogP contribution >= 0.6 is 7.82 Å². The van der Waals surface area contributed by atoms with Crippen molar-refractivity contribution in [2.24, 2.45) is 0 Å². The summed E-state index contributed by atoms with van der Waals surface area (Å²) in [7, 11) is 1.17. The number of hydrogen-bond acceptors (Lipinski definition) is 8. The first-order valence-corrected chi connectivity index (χ1v) is 32.1. The van der Waals surface area contributed by atoms with E-state index in [0.717, 1.165) is 77.0 Å². The summed E-state index contributed by atoms with van der Waals surface area (Å²) in [6.07, 6.45) is 72.4. The van der Waals surface area contributed by atoms with Gasteiger partial charge >= 0.3 is 11.9 Å². The van der Waals surface area contributed by atoms with Gasteiger partial charge in [-0.25, -0.2) is 0 Å². The highest BCUT2D eigenvalue weighted by atomic mass is 31.2. The van der Waals surface area contributed by atoms with Crippen LogP contribution in [-0.4, -0.2) is 70.0 Å². The summed E-state index contributed by atoms with van der Waals surface area (Å²) >= 11 is 0. The molecule has 0 bridgehead atoms. The molecule has 0 aliphatic heterocycles. The Hall–Kier alpha value is -2.55. The summed E-state index contributed by atoms with van der Waals surface area (Å²) in [5, 5.41) is 0. The fourth-order valence-corrected chi connectivity index (χ4v) is 9.23. The Bertz CT molecular complexity index is 1480. The molecular weight excluding hydrogens is 942 g/mol. The van der Waals surface area contributed by atoms with Crippen LogP contribution in [0.1, 0.15) is 271 Å². The zero-order valence-corrected chi connectivity index (χ0v) is 49.7. The second kappa shape index (κ2) is 55.2. The summed E-state index contributed by atoms with van der Waals surface area (Å²) in [5.74, 6) is -0.831. The highest BCUT2D eigenvalue weighted by Gasteiger charge is 2.22. The smallest absolute Gasteiger partial charge is 0.306 e. The molecule has 0 aliphatic rings. The standard InChI is InChI=1S/C64H116NO8P/c1-6-8-10-12-14-16-18-20-22-24-26-28-29-30-31-32-33-34-35-37-39-41-43-45-47-49-51-53-55-57-64(67)73-62(61-72-74(68,69)71-59-58-65(3,4)5)60-70-63(66)56-54-52-50-48-46-44-42-40-38-36-27-25-23-21-19-17-15-13-11-9-7-2/h8,10,14,16,19-22,25-28,62H,6-7,9,11-13,15,17-18,23-24,29-61H2,1-5H3/b10-8-,16-14-,21-19-,22-20-,27-25-,28-26-. The van der Waals surface area contributed by atoms with Crippen molar-refractivity contribution >= 4 is 19.8 Å². The third-order valence-electron chi connectivity index (χ3n) is 13.2. The van der Waals surface area contributed by atoms with Gasteiger partial charge in [0.1, 0.15) is 19.8 Å². The molecule has 0 aliphatic carbocycles. The summed E-state index contributed by atoms with van der Waals surface area (Å²) in [5.41, 5.74) is 0. The average molecular weight is 1060 g/mol. The van der Waals surface area contributed by atoms with E-state index in [-0.39, 0.29) is 32.0 Å². The molecule has 0 fully saturated rings. The monoisotopic (exact) mass is 1060 g/mol. The highest BCUT2D eigenvalue weighted by Crippen LogP contribution is 2.38. The molecular formula is C64H116NO8P. The van der Waals surface area contributed by atoms with Crippen LogP contribution in [0.3, 0.4) is 0 Å². The van der Waals surface area contributed by atoms with Gasteiger partial charge in [-0.1, -0.05) is 247 Å². The molecule has 0 radical (unpaired) electrons. The molecule has 0 aromatic carbocycles. The van der Waals surface area contributed by atoms with Crippen molar-refractivity contribution in [2.75, 3.05) is 47.5 Å². The quantitative estimate of drug-likeness (QED) is 0.0195. The number of ether oxygens (including phenoxy) is 2. The number of quaternary nitrogens is 1. The molecule has 0 amide bonds. The number of unbranched alkanes of at least 4 members (excludes halogenated alkanes) is 30. The van der Waals surface area contributed by atoms with Crippen LogP contribution in [0, 0.1) is 0 Å². The highest BCUT2D eigenvalue weighted by molar-refractivity contribution is 7.45. The molecule has 430 valence electrons. The molecule has 0 N–H and O–H groups in total. The van der Waals surface area contributed by atoms with E-state index in [9.17, 15) is 19.0 Å². The lowest BCUT2D eigenvalue weighted by atomic mass is 10.0. The van der Waals surface area contributed by atoms with Crippen LogP contribution in [0.15, 0.2) is 72.9 Å². The second-order valence-electron chi connectivity index (χ2n) is 21.7. The molecule has 0 aromatic heterocycles. The van der Waals surface area contributed by atoms with E-state index in [1.807, 2.05) is 21.1 Å². The Morgan fingerprint density at radius 1 is 0.432 bits per heavy atom. The fourth-order valence-electron chi connectivity index (χ4n) is 8.50. The van der Waals surface area contributed by atoms with E-state index < -0.39 is 26.5 Å². The van der Waals surface area contributed by atoms with E-state index >= 15 is 0 Å². The van der Waals surface area contributed by atoms with Crippen LogP contribution in [0.25, 0.3) is 0 Å². The summed E-state index contributed by atoms with van der Waals surface area (Å²) in [6, 6.07) is 0. The number of phosphoric acid groups is 1. The van der Waals surface area contributed by atoms with Crippen LogP contribution in [-0.2, 0) is 32.7 Å². The Balaban J connectivity index is 4.11. The molecule has 9 nitrogen and oxygen atoms in total.